The highest BCUT2D eigenvalue weighted by atomic mass is 79.9. The summed E-state index contributed by atoms with van der Waals surface area (Å²) in [6, 6.07) is 1.85. The van der Waals surface area contributed by atoms with Crippen LogP contribution < -0.4 is 0 Å². The minimum atomic E-state index is 0.286. The summed E-state index contributed by atoms with van der Waals surface area (Å²) >= 11 is 9.89. The Morgan fingerprint density at radius 2 is 2.44 bits per heavy atom. The Morgan fingerprint density at radius 3 is 2.67 bits per heavy atom. The minimum Gasteiger partial charge on any atom is -0.217 e. The van der Waals surface area contributed by atoms with Crippen molar-refractivity contribution in [1.29, 1.82) is 5.26 Å². The molecule has 0 aromatic carbocycles. The number of hydrogen-bond donors (Lipinski definition) is 0. The highest BCUT2D eigenvalue weighted by Gasteiger charge is 2.04. The van der Waals surface area contributed by atoms with Gasteiger partial charge in [-0.15, -0.1) is 0 Å². The van der Waals surface area contributed by atoms with Gasteiger partial charge in [0.25, 0.3) is 0 Å². The maximum Gasteiger partial charge on any atom is 0.171 e. The van der Waals surface area contributed by atoms with Crippen LogP contribution in [0.25, 0.3) is 0 Å². The molecule has 1 rings (SSSR count). The molecule has 0 atom stereocenters. The van der Waals surface area contributed by atoms with Gasteiger partial charge in [0.15, 0.2) is 9.61 Å². The maximum atomic E-state index is 8.32. The maximum absolute atomic E-state index is 8.32. The fraction of sp³-hybridized carbons (Fsp3) is 0. The van der Waals surface area contributed by atoms with Crippen LogP contribution in [-0.4, -0.2) is 4.98 Å². The van der Waals surface area contributed by atoms with Crippen molar-refractivity contribution in [3.63, 3.8) is 0 Å². The van der Waals surface area contributed by atoms with Crippen molar-refractivity contribution in [2.45, 2.75) is 0 Å². The minimum absolute atomic E-state index is 0.286. The van der Waals surface area contributed by atoms with Crippen molar-refractivity contribution in [1.82, 2.24) is 4.98 Å². The van der Waals surface area contributed by atoms with Crippen LogP contribution in [0.4, 0.5) is 0 Å². The Labute approximate surface area is 69.2 Å². The summed E-state index contributed by atoms with van der Waals surface area (Å²) in [5.41, 5.74) is 0.286. The van der Waals surface area contributed by atoms with E-state index in [1.807, 2.05) is 6.07 Å². The number of nitriles is 1. The summed E-state index contributed by atoms with van der Waals surface area (Å²) in [5.74, 6) is 0. The molecule has 0 saturated heterocycles. The lowest BCUT2D eigenvalue weighted by atomic mass is 10.6. The van der Waals surface area contributed by atoms with Gasteiger partial charge in [-0.25, -0.2) is 4.98 Å². The van der Waals surface area contributed by atoms with Gasteiger partial charge in [0.05, 0.1) is 0 Å². The highest BCUT2D eigenvalue weighted by molar-refractivity contribution is 9.11. The van der Waals surface area contributed by atoms with Crippen molar-refractivity contribution in [2.75, 3.05) is 0 Å². The van der Waals surface area contributed by atoms with Crippen LogP contribution in [-0.2, 0) is 0 Å². The van der Waals surface area contributed by atoms with E-state index in [-0.39, 0.29) is 5.69 Å². The molecule has 0 amide bonds. The third-order valence-electron chi connectivity index (χ3n) is 0.666. The van der Waals surface area contributed by atoms with Crippen LogP contribution in [0.1, 0.15) is 5.69 Å². The van der Waals surface area contributed by atoms with Gasteiger partial charge in [0.1, 0.15) is 10.4 Å². The molecule has 0 aliphatic carbocycles. The summed E-state index contributed by atoms with van der Waals surface area (Å²) in [6.45, 7) is 0. The predicted molar refractivity (Wildman–Crippen MR) is 39.5 cm³/mol. The van der Waals surface area contributed by atoms with E-state index in [1.165, 1.54) is 11.3 Å². The third-order valence-corrected chi connectivity index (χ3v) is 2.37. The molecule has 0 unspecified atom stereocenters. The van der Waals surface area contributed by atoms with Crippen LogP contribution in [0.3, 0.4) is 0 Å². The number of aromatic nitrogens is 1. The zero-order valence-corrected chi connectivity index (χ0v) is 7.22. The van der Waals surface area contributed by atoms with Crippen molar-refractivity contribution >= 4 is 38.9 Å². The van der Waals surface area contributed by atoms with E-state index in [9.17, 15) is 0 Å². The quantitative estimate of drug-likeness (QED) is 0.677. The van der Waals surface area contributed by atoms with E-state index in [4.69, 9.17) is 16.9 Å². The molecule has 0 fully saturated rings. The fourth-order valence-electron chi connectivity index (χ4n) is 0.346. The fourth-order valence-corrected chi connectivity index (χ4v) is 2.06. The average Bonchev–Trinajstić information content (AvgIpc) is 2.10. The Balaban J connectivity index is 3.20. The van der Waals surface area contributed by atoms with Crippen LogP contribution in [0.15, 0.2) is 3.92 Å². The smallest absolute Gasteiger partial charge is 0.171 e. The van der Waals surface area contributed by atoms with Crippen LogP contribution in [0, 0.1) is 11.3 Å². The van der Waals surface area contributed by atoms with E-state index in [0.29, 0.717) is 8.25 Å². The van der Waals surface area contributed by atoms with Crippen molar-refractivity contribution in [3.05, 3.63) is 13.9 Å². The first-order valence-corrected chi connectivity index (χ1v) is 3.94. The SMILES string of the molecule is N#Cc1nc(Br)sc1Cl. The largest absolute Gasteiger partial charge is 0.217 e. The molecule has 0 radical (unpaired) electrons. The van der Waals surface area contributed by atoms with Crippen molar-refractivity contribution in [2.24, 2.45) is 0 Å². The summed E-state index contributed by atoms with van der Waals surface area (Å²) < 4.78 is 1.08. The lowest BCUT2D eigenvalue weighted by molar-refractivity contribution is 1.31. The number of thiazole rings is 1. The third kappa shape index (κ3) is 1.42. The molecule has 0 spiro atoms. The molecule has 2 nitrogen and oxygen atoms in total. The molecule has 0 aliphatic heterocycles. The number of rotatable bonds is 0. The van der Waals surface area contributed by atoms with Crippen molar-refractivity contribution in [3.8, 4) is 6.07 Å². The summed E-state index contributed by atoms with van der Waals surface area (Å²) in [6.07, 6.45) is 0. The summed E-state index contributed by atoms with van der Waals surface area (Å²) in [7, 11) is 0. The Kier molecular flexibility index (Phi) is 2.06. The monoisotopic (exact) mass is 222 g/mol. The summed E-state index contributed by atoms with van der Waals surface area (Å²) in [5, 5.41) is 8.32. The molecule has 1 aromatic rings. The molecular weight excluding hydrogens is 223 g/mol. The van der Waals surface area contributed by atoms with Gasteiger partial charge in [0.2, 0.25) is 0 Å². The van der Waals surface area contributed by atoms with Gasteiger partial charge in [-0.1, -0.05) is 22.9 Å². The number of halogens is 2. The first-order chi connectivity index (χ1) is 4.24. The van der Waals surface area contributed by atoms with Crippen LogP contribution in [0.2, 0.25) is 4.34 Å². The van der Waals surface area contributed by atoms with Crippen LogP contribution >= 0.6 is 38.9 Å². The first kappa shape index (κ1) is 7.00. The second-order valence-corrected chi connectivity index (χ2v) is 4.08. The molecular formula is C4BrClN2S. The van der Waals surface area contributed by atoms with Gasteiger partial charge in [-0.05, 0) is 15.9 Å². The zero-order chi connectivity index (χ0) is 6.85. The van der Waals surface area contributed by atoms with Gasteiger partial charge < -0.3 is 0 Å². The van der Waals surface area contributed by atoms with Gasteiger partial charge >= 0.3 is 0 Å². The van der Waals surface area contributed by atoms with Gasteiger partial charge in [-0.2, -0.15) is 5.26 Å². The molecule has 0 aliphatic rings. The average molecular weight is 223 g/mol. The highest BCUT2D eigenvalue weighted by Crippen LogP contribution is 2.26. The Hall–Kier alpha value is -0.110. The zero-order valence-electron chi connectivity index (χ0n) is 4.06. The lowest BCUT2D eigenvalue weighted by Gasteiger charge is -1.71. The van der Waals surface area contributed by atoms with E-state index in [0.717, 1.165) is 0 Å². The second-order valence-electron chi connectivity index (χ2n) is 1.20. The molecule has 1 aromatic heterocycles. The molecule has 0 bridgehead atoms. The second kappa shape index (κ2) is 2.65. The van der Waals surface area contributed by atoms with E-state index < -0.39 is 0 Å². The molecule has 0 N–H and O–H groups in total. The van der Waals surface area contributed by atoms with Crippen LogP contribution in [0.5, 0.6) is 0 Å². The topological polar surface area (TPSA) is 36.7 Å². The normalized spacial score (nSPS) is 9.00. The molecule has 1 heterocycles. The Bertz CT molecular complexity index is 264. The van der Waals surface area contributed by atoms with Crippen molar-refractivity contribution < 1.29 is 0 Å². The number of nitrogens with zero attached hydrogens (tertiary/aromatic N) is 2. The molecule has 0 saturated carbocycles. The van der Waals surface area contributed by atoms with Gasteiger partial charge in [-0.3, -0.25) is 0 Å². The standard InChI is InChI=1S/C4BrClN2S/c5-4-8-2(1-7)3(6)9-4. The summed E-state index contributed by atoms with van der Waals surface area (Å²) in [4.78, 5) is 3.77. The molecule has 46 valence electrons. The van der Waals surface area contributed by atoms with E-state index in [1.54, 1.807) is 0 Å². The lowest BCUT2D eigenvalue weighted by Crippen LogP contribution is -1.69. The Morgan fingerprint density at radius 1 is 1.78 bits per heavy atom. The van der Waals surface area contributed by atoms with E-state index >= 15 is 0 Å². The van der Waals surface area contributed by atoms with Gasteiger partial charge in [0, 0.05) is 0 Å². The molecule has 5 heteroatoms. The predicted octanol–water partition coefficient (Wildman–Crippen LogP) is 2.43. The first-order valence-electron chi connectivity index (χ1n) is 1.96. The number of hydrogen-bond acceptors (Lipinski definition) is 3. The molecule has 9 heavy (non-hydrogen) atoms. The van der Waals surface area contributed by atoms with E-state index in [2.05, 4.69) is 20.9 Å².